The third-order valence-electron chi connectivity index (χ3n) is 2.86. The first kappa shape index (κ1) is 12.2. The number of rotatable bonds is 4. The van der Waals surface area contributed by atoms with E-state index in [1.165, 1.54) is 0 Å². The van der Waals surface area contributed by atoms with Gasteiger partial charge in [0.15, 0.2) is 0 Å². The van der Waals surface area contributed by atoms with Crippen LogP contribution in [0, 0.1) is 6.92 Å². The second-order valence-corrected chi connectivity index (χ2v) is 4.11. The largest absolute Gasteiger partial charge is 0.394 e. The molecule has 0 bridgehead atoms. The molecule has 2 rings (SSSR count). The zero-order valence-corrected chi connectivity index (χ0v) is 10.4. The second kappa shape index (κ2) is 5.37. The quantitative estimate of drug-likeness (QED) is 0.807. The Morgan fingerprint density at radius 3 is 3.00 bits per heavy atom. The van der Waals surface area contributed by atoms with E-state index in [0.29, 0.717) is 32.1 Å². The van der Waals surface area contributed by atoms with E-state index in [1.807, 2.05) is 18.5 Å². The van der Waals surface area contributed by atoms with Gasteiger partial charge >= 0.3 is 0 Å². The van der Waals surface area contributed by atoms with Crippen LogP contribution in [0.4, 0.5) is 11.5 Å². The highest BCUT2D eigenvalue weighted by Crippen LogP contribution is 2.22. The standard InChI is InChI=1S/C11H20N4O2/c1-3-15-11(10(12)8(2)14-15)13-6-9-7-16-4-5-17-9/h9,13H,3-7,12H2,1-2H3. The molecule has 6 nitrogen and oxygen atoms in total. The predicted molar refractivity (Wildman–Crippen MR) is 66.1 cm³/mol. The van der Waals surface area contributed by atoms with Crippen LogP contribution in [0.25, 0.3) is 0 Å². The second-order valence-electron chi connectivity index (χ2n) is 4.11. The van der Waals surface area contributed by atoms with Gasteiger partial charge in [0.05, 0.1) is 37.3 Å². The van der Waals surface area contributed by atoms with E-state index in [0.717, 1.165) is 18.1 Å². The molecule has 0 spiro atoms. The molecule has 1 unspecified atom stereocenters. The SMILES string of the molecule is CCn1nc(C)c(N)c1NCC1COCCO1. The highest BCUT2D eigenvalue weighted by Gasteiger charge is 2.16. The molecule has 6 heteroatoms. The number of aromatic nitrogens is 2. The van der Waals surface area contributed by atoms with Gasteiger partial charge in [0.1, 0.15) is 5.82 Å². The van der Waals surface area contributed by atoms with Crippen molar-refractivity contribution in [1.82, 2.24) is 9.78 Å². The minimum atomic E-state index is 0.0867. The van der Waals surface area contributed by atoms with E-state index < -0.39 is 0 Å². The van der Waals surface area contributed by atoms with Crippen molar-refractivity contribution >= 4 is 11.5 Å². The third kappa shape index (κ3) is 2.70. The Morgan fingerprint density at radius 1 is 1.53 bits per heavy atom. The van der Waals surface area contributed by atoms with Crippen molar-refractivity contribution in [2.45, 2.75) is 26.5 Å². The molecule has 2 heterocycles. The molecule has 0 radical (unpaired) electrons. The van der Waals surface area contributed by atoms with Gasteiger partial charge in [-0.3, -0.25) is 0 Å². The summed E-state index contributed by atoms with van der Waals surface area (Å²) in [6.45, 7) is 7.41. The van der Waals surface area contributed by atoms with Crippen molar-refractivity contribution in [1.29, 1.82) is 0 Å². The van der Waals surface area contributed by atoms with Crippen LogP contribution in [0.5, 0.6) is 0 Å². The summed E-state index contributed by atoms with van der Waals surface area (Å²) in [7, 11) is 0. The number of nitrogens with zero attached hydrogens (tertiary/aromatic N) is 2. The molecule has 1 aliphatic rings. The Kier molecular flexibility index (Phi) is 3.86. The van der Waals surface area contributed by atoms with Crippen LogP contribution in [0.2, 0.25) is 0 Å². The number of anilines is 2. The first-order valence-corrected chi connectivity index (χ1v) is 5.98. The Labute approximate surface area is 101 Å². The molecule has 1 aliphatic heterocycles. The first-order valence-electron chi connectivity index (χ1n) is 5.98. The van der Waals surface area contributed by atoms with Gasteiger partial charge in [-0.05, 0) is 13.8 Å². The molecule has 1 fully saturated rings. The van der Waals surface area contributed by atoms with Crippen LogP contribution < -0.4 is 11.1 Å². The van der Waals surface area contributed by atoms with Crippen molar-refractivity contribution < 1.29 is 9.47 Å². The Morgan fingerprint density at radius 2 is 2.35 bits per heavy atom. The number of ether oxygens (including phenoxy) is 2. The Bertz CT molecular complexity index is 372. The van der Waals surface area contributed by atoms with Crippen molar-refractivity contribution in [3.63, 3.8) is 0 Å². The van der Waals surface area contributed by atoms with E-state index in [9.17, 15) is 0 Å². The number of nitrogen functional groups attached to an aromatic ring is 1. The molecule has 1 aromatic rings. The lowest BCUT2D eigenvalue weighted by atomic mass is 10.3. The van der Waals surface area contributed by atoms with Crippen molar-refractivity contribution in [3.05, 3.63) is 5.69 Å². The first-order chi connectivity index (χ1) is 8.22. The highest BCUT2D eigenvalue weighted by molar-refractivity contribution is 5.64. The average molecular weight is 240 g/mol. The summed E-state index contributed by atoms with van der Waals surface area (Å²) in [4.78, 5) is 0. The van der Waals surface area contributed by atoms with Gasteiger partial charge in [0.2, 0.25) is 0 Å². The van der Waals surface area contributed by atoms with Gasteiger partial charge < -0.3 is 20.5 Å². The van der Waals surface area contributed by atoms with E-state index in [4.69, 9.17) is 15.2 Å². The Balaban J connectivity index is 1.97. The smallest absolute Gasteiger partial charge is 0.148 e. The predicted octanol–water partition coefficient (Wildman–Crippen LogP) is 0.621. The lowest BCUT2D eigenvalue weighted by Crippen LogP contribution is -2.34. The molecule has 17 heavy (non-hydrogen) atoms. The van der Waals surface area contributed by atoms with Crippen LogP contribution >= 0.6 is 0 Å². The van der Waals surface area contributed by atoms with Crippen LogP contribution in [0.1, 0.15) is 12.6 Å². The Hall–Kier alpha value is -1.27. The van der Waals surface area contributed by atoms with Gasteiger partial charge in [-0.15, -0.1) is 0 Å². The van der Waals surface area contributed by atoms with Crippen molar-refractivity contribution in [2.75, 3.05) is 37.4 Å². The van der Waals surface area contributed by atoms with Crippen molar-refractivity contribution in [3.8, 4) is 0 Å². The minimum absolute atomic E-state index is 0.0867. The average Bonchev–Trinajstić information content (AvgIpc) is 2.64. The fourth-order valence-corrected chi connectivity index (χ4v) is 1.88. The molecular formula is C11H20N4O2. The topological polar surface area (TPSA) is 74.3 Å². The number of hydrogen-bond acceptors (Lipinski definition) is 5. The van der Waals surface area contributed by atoms with E-state index in [2.05, 4.69) is 10.4 Å². The van der Waals surface area contributed by atoms with Gasteiger partial charge in [0, 0.05) is 13.1 Å². The molecule has 1 aromatic heterocycles. The fraction of sp³-hybridized carbons (Fsp3) is 0.727. The summed E-state index contributed by atoms with van der Waals surface area (Å²) in [6.07, 6.45) is 0.0867. The molecular weight excluding hydrogens is 220 g/mol. The molecule has 1 saturated heterocycles. The summed E-state index contributed by atoms with van der Waals surface area (Å²) in [5.74, 6) is 0.874. The maximum Gasteiger partial charge on any atom is 0.148 e. The number of nitrogens with one attached hydrogen (secondary N) is 1. The normalized spacial score (nSPS) is 20.5. The lowest BCUT2D eigenvalue weighted by molar-refractivity contribution is -0.0819. The summed E-state index contributed by atoms with van der Waals surface area (Å²) in [6, 6.07) is 0. The van der Waals surface area contributed by atoms with Crippen LogP contribution in [-0.2, 0) is 16.0 Å². The minimum Gasteiger partial charge on any atom is -0.394 e. The monoisotopic (exact) mass is 240 g/mol. The summed E-state index contributed by atoms with van der Waals surface area (Å²) < 4.78 is 12.8. The molecule has 0 amide bonds. The third-order valence-corrected chi connectivity index (χ3v) is 2.86. The van der Waals surface area contributed by atoms with Crippen LogP contribution in [0.15, 0.2) is 0 Å². The molecule has 0 aliphatic carbocycles. The van der Waals surface area contributed by atoms with E-state index in [1.54, 1.807) is 0 Å². The number of aryl methyl sites for hydroxylation is 2. The van der Waals surface area contributed by atoms with Gasteiger partial charge in [-0.25, -0.2) is 4.68 Å². The zero-order valence-electron chi connectivity index (χ0n) is 10.4. The molecule has 0 aromatic carbocycles. The summed E-state index contributed by atoms with van der Waals surface area (Å²) in [5, 5.41) is 7.64. The van der Waals surface area contributed by atoms with Crippen LogP contribution in [0.3, 0.4) is 0 Å². The molecule has 3 N–H and O–H groups in total. The van der Waals surface area contributed by atoms with Crippen LogP contribution in [-0.4, -0.2) is 42.2 Å². The lowest BCUT2D eigenvalue weighted by Gasteiger charge is -2.23. The zero-order chi connectivity index (χ0) is 12.3. The maximum absolute atomic E-state index is 5.98. The number of hydrogen-bond donors (Lipinski definition) is 2. The van der Waals surface area contributed by atoms with Gasteiger partial charge in [-0.2, -0.15) is 5.10 Å². The molecule has 1 atom stereocenters. The van der Waals surface area contributed by atoms with E-state index in [-0.39, 0.29) is 6.10 Å². The van der Waals surface area contributed by atoms with E-state index >= 15 is 0 Å². The summed E-state index contributed by atoms with van der Waals surface area (Å²) >= 11 is 0. The number of nitrogens with two attached hydrogens (primary N) is 1. The summed E-state index contributed by atoms with van der Waals surface area (Å²) in [5.41, 5.74) is 7.54. The maximum atomic E-state index is 5.98. The van der Waals surface area contributed by atoms with Gasteiger partial charge in [-0.1, -0.05) is 0 Å². The van der Waals surface area contributed by atoms with Crippen molar-refractivity contribution in [2.24, 2.45) is 0 Å². The van der Waals surface area contributed by atoms with Gasteiger partial charge in [0.25, 0.3) is 0 Å². The molecule has 96 valence electrons. The highest BCUT2D eigenvalue weighted by atomic mass is 16.6. The molecule has 0 saturated carbocycles. The fourth-order valence-electron chi connectivity index (χ4n) is 1.88.